The van der Waals surface area contributed by atoms with Gasteiger partial charge in [-0.15, -0.1) is 0 Å². The molecule has 2 rings (SSSR count). The van der Waals surface area contributed by atoms with Crippen molar-refractivity contribution in [1.29, 1.82) is 0 Å². The highest BCUT2D eigenvalue weighted by molar-refractivity contribution is 5.27. The Kier molecular flexibility index (Phi) is 2.56. The Hall–Kier alpha value is -1.23. The molecule has 1 heterocycles. The van der Waals surface area contributed by atoms with E-state index >= 15 is 0 Å². The summed E-state index contributed by atoms with van der Waals surface area (Å²) < 4.78 is 44.0. The molecule has 5 heteroatoms. The van der Waals surface area contributed by atoms with Gasteiger partial charge >= 0.3 is 0 Å². The molecule has 0 amide bonds. The van der Waals surface area contributed by atoms with Gasteiger partial charge in [-0.2, -0.15) is 4.39 Å². The number of ether oxygens (including phenoxy) is 1. The highest BCUT2D eigenvalue weighted by Gasteiger charge is 2.27. The lowest BCUT2D eigenvalue weighted by atomic mass is 10.2. The summed E-state index contributed by atoms with van der Waals surface area (Å²) in [6.07, 6.45) is -0.263. The van der Waals surface area contributed by atoms with E-state index in [1.54, 1.807) is 0 Å². The summed E-state index contributed by atoms with van der Waals surface area (Å²) in [6.45, 7) is 1.19. The molecule has 1 aromatic carbocycles. The molecule has 1 saturated heterocycles. The van der Waals surface area contributed by atoms with E-state index in [-0.39, 0.29) is 6.10 Å². The van der Waals surface area contributed by atoms with Gasteiger partial charge in [0, 0.05) is 13.1 Å². The molecule has 0 saturated carbocycles. The number of hydrogen-bond acceptors (Lipinski definition) is 2. The SMILES string of the molecule is CN1CC(Oc2c(F)ccc(F)c2F)C1. The zero-order chi connectivity index (χ0) is 11.0. The molecule has 0 atom stereocenters. The molecule has 1 aliphatic heterocycles. The van der Waals surface area contributed by atoms with E-state index < -0.39 is 23.2 Å². The summed E-state index contributed by atoms with van der Waals surface area (Å²) in [4.78, 5) is 1.93. The van der Waals surface area contributed by atoms with Crippen molar-refractivity contribution in [1.82, 2.24) is 4.90 Å². The van der Waals surface area contributed by atoms with Crippen LogP contribution in [-0.4, -0.2) is 31.1 Å². The van der Waals surface area contributed by atoms with Gasteiger partial charge in [-0.3, -0.25) is 4.90 Å². The molecule has 2 nitrogen and oxygen atoms in total. The summed E-state index contributed by atoms with van der Waals surface area (Å²) in [6, 6.07) is 1.60. The van der Waals surface area contributed by atoms with Crippen LogP contribution < -0.4 is 4.74 Å². The molecule has 0 spiro atoms. The van der Waals surface area contributed by atoms with Crippen LogP contribution in [0.5, 0.6) is 5.75 Å². The average molecular weight is 217 g/mol. The topological polar surface area (TPSA) is 12.5 Å². The highest BCUT2D eigenvalue weighted by Crippen LogP contribution is 2.26. The molecule has 0 bridgehead atoms. The third-order valence-corrected chi connectivity index (χ3v) is 2.32. The molecule has 0 radical (unpaired) electrons. The Bertz CT molecular complexity index is 377. The maximum atomic E-state index is 13.1. The molecule has 0 N–H and O–H groups in total. The van der Waals surface area contributed by atoms with Crippen molar-refractivity contribution in [2.75, 3.05) is 20.1 Å². The predicted molar refractivity (Wildman–Crippen MR) is 48.2 cm³/mol. The van der Waals surface area contributed by atoms with Crippen LogP contribution in [0.2, 0.25) is 0 Å². The van der Waals surface area contributed by atoms with Gasteiger partial charge in [0.25, 0.3) is 0 Å². The molecule has 0 unspecified atom stereocenters. The summed E-state index contributed by atoms with van der Waals surface area (Å²) in [7, 11) is 1.86. The van der Waals surface area contributed by atoms with E-state index in [1.807, 2.05) is 11.9 Å². The van der Waals surface area contributed by atoms with Crippen LogP contribution in [0.3, 0.4) is 0 Å². The molecule has 1 aromatic rings. The molecule has 1 aliphatic rings. The lowest BCUT2D eigenvalue weighted by Crippen LogP contribution is -2.51. The van der Waals surface area contributed by atoms with Gasteiger partial charge in [0.2, 0.25) is 5.82 Å². The van der Waals surface area contributed by atoms with Gasteiger partial charge in [0.15, 0.2) is 17.4 Å². The summed E-state index contributed by atoms with van der Waals surface area (Å²) in [5.74, 6) is -3.85. The van der Waals surface area contributed by atoms with Crippen LogP contribution in [0.25, 0.3) is 0 Å². The number of likely N-dealkylation sites (N-methyl/N-ethyl adjacent to an activating group) is 1. The quantitative estimate of drug-likeness (QED) is 0.700. The molecule has 15 heavy (non-hydrogen) atoms. The van der Waals surface area contributed by atoms with Crippen LogP contribution in [0.4, 0.5) is 13.2 Å². The Morgan fingerprint density at radius 1 is 1.20 bits per heavy atom. The summed E-state index contributed by atoms with van der Waals surface area (Å²) >= 11 is 0. The second-order valence-electron chi connectivity index (χ2n) is 3.63. The van der Waals surface area contributed by atoms with Gasteiger partial charge in [0.05, 0.1) is 0 Å². The third kappa shape index (κ3) is 1.92. The van der Waals surface area contributed by atoms with Crippen molar-refractivity contribution >= 4 is 0 Å². The fraction of sp³-hybridized carbons (Fsp3) is 0.400. The Morgan fingerprint density at radius 3 is 2.40 bits per heavy atom. The smallest absolute Gasteiger partial charge is 0.203 e. The van der Waals surface area contributed by atoms with Crippen molar-refractivity contribution in [2.45, 2.75) is 6.10 Å². The maximum Gasteiger partial charge on any atom is 0.203 e. The molecular formula is C10H10F3NO. The van der Waals surface area contributed by atoms with Gasteiger partial charge < -0.3 is 4.74 Å². The van der Waals surface area contributed by atoms with Crippen LogP contribution in [0.1, 0.15) is 0 Å². The van der Waals surface area contributed by atoms with E-state index in [2.05, 4.69) is 0 Å². The first-order valence-corrected chi connectivity index (χ1v) is 4.56. The minimum atomic E-state index is -1.26. The first-order valence-electron chi connectivity index (χ1n) is 4.56. The van der Waals surface area contributed by atoms with E-state index in [0.29, 0.717) is 13.1 Å². The molecule has 0 aromatic heterocycles. The van der Waals surface area contributed by atoms with Crippen molar-refractivity contribution < 1.29 is 17.9 Å². The van der Waals surface area contributed by atoms with Crippen LogP contribution >= 0.6 is 0 Å². The lowest BCUT2D eigenvalue weighted by Gasteiger charge is -2.36. The third-order valence-electron chi connectivity index (χ3n) is 2.32. The van der Waals surface area contributed by atoms with Gasteiger partial charge in [-0.25, -0.2) is 8.78 Å². The molecule has 1 fully saturated rings. The minimum absolute atomic E-state index is 0.263. The van der Waals surface area contributed by atoms with Crippen molar-refractivity contribution in [2.24, 2.45) is 0 Å². The van der Waals surface area contributed by atoms with Gasteiger partial charge in [0.1, 0.15) is 6.10 Å². The maximum absolute atomic E-state index is 13.1. The van der Waals surface area contributed by atoms with Crippen LogP contribution in [0.15, 0.2) is 12.1 Å². The number of halogens is 3. The predicted octanol–water partition coefficient (Wildman–Crippen LogP) is 1.80. The number of benzene rings is 1. The number of hydrogen-bond donors (Lipinski definition) is 0. The standard InChI is InChI=1S/C10H10F3NO/c1-14-4-6(5-14)15-10-8(12)3-2-7(11)9(10)13/h2-3,6H,4-5H2,1H3. The summed E-state index contributed by atoms with van der Waals surface area (Å²) in [5.41, 5.74) is 0. The second-order valence-corrected chi connectivity index (χ2v) is 3.63. The number of rotatable bonds is 2. The first kappa shape index (κ1) is 10.3. The normalized spacial score (nSPS) is 17.6. The monoisotopic (exact) mass is 217 g/mol. The average Bonchev–Trinajstić information content (AvgIpc) is 2.15. The zero-order valence-electron chi connectivity index (χ0n) is 8.14. The Morgan fingerprint density at radius 2 is 1.80 bits per heavy atom. The van der Waals surface area contributed by atoms with Crippen LogP contribution in [-0.2, 0) is 0 Å². The zero-order valence-corrected chi connectivity index (χ0v) is 8.14. The van der Waals surface area contributed by atoms with E-state index in [9.17, 15) is 13.2 Å². The van der Waals surface area contributed by atoms with E-state index in [4.69, 9.17) is 4.74 Å². The number of likely N-dealkylation sites (tertiary alicyclic amines) is 1. The van der Waals surface area contributed by atoms with E-state index in [1.165, 1.54) is 0 Å². The second kappa shape index (κ2) is 3.73. The Balaban J connectivity index is 2.16. The lowest BCUT2D eigenvalue weighted by molar-refractivity contribution is 0.0326. The molecular weight excluding hydrogens is 207 g/mol. The highest BCUT2D eigenvalue weighted by atomic mass is 19.2. The Labute approximate surface area is 85.3 Å². The van der Waals surface area contributed by atoms with Crippen LogP contribution in [0, 0.1) is 17.5 Å². The fourth-order valence-corrected chi connectivity index (χ4v) is 1.50. The first-order chi connectivity index (χ1) is 7.08. The van der Waals surface area contributed by atoms with E-state index in [0.717, 1.165) is 12.1 Å². The van der Waals surface area contributed by atoms with Gasteiger partial charge in [-0.1, -0.05) is 0 Å². The molecule has 82 valence electrons. The largest absolute Gasteiger partial charge is 0.482 e. The number of nitrogens with zero attached hydrogens (tertiary/aromatic N) is 1. The van der Waals surface area contributed by atoms with Gasteiger partial charge in [-0.05, 0) is 19.2 Å². The van der Waals surface area contributed by atoms with Crippen molar-refractivity contribution in [3.63, 3.8) is 0 Å². The minimum Gasteiger partial charge on any atom is -0.482 e. The summed E-state index contributed by atoms with van der Waals surface area (Å²) in [5, 5.41) is 0. The molecule has 0 aliphatic carbocycles. The van der Waals surface area contributed by atoms with Crippen molar-refractivity contribution in [3.8, 4) is 5.75 Å². The van der Waals surface area contributed by atoms with Crippen molar-refractivity contribution in [3.05, 3.63) is 29.6 Å². The fourth-order valence-electron chi connectivity index (χ4n) is 1.50.